The Kier molecular flexibility index (Phi) is 3.72. The summed E-state index contributed by atoms with van der Waals surface area (Å²) in [7, 11) is 0. The van der Waals surface area contributed by atoms with Gasteiger partial charge in [-0.3, -0.25) is 0 Å². The first-order valence-electron chi connectivity index (χ1n) is 5.98. The molecule has 20 heavy (non-hydrogen) atoms. The molecule has 100 valence electrons. The zero-order chi connectivity index (χ0) is 14.1. The van der Waals surface area contributed by atoms with Crippen molar-refractivity contribution in [2.45, 2.75) is 0 Å². The maximum absolute atomic E-state index is 5.63. The number of benzene rings is 2. The van der Waals surface area contributed by atoms with Crippen molar-refractivity contribution in [3.8, 4) is 5.75 Å². The van der Waals surface area contributed by atoms with Gasteiger partial charge in [-0.15, -0.1) is 0 Å². The summed E-state index contributed by atoms with van der Waals surface area (Å²) in [5, 5.41) is 0. The molecule has 5 heteroatoms. The van der Waals surface area contributed by atoms with Gasteiger partial charge < -0.3 is 4.74 Å². The summed E-state index contributed by atoms with van der Waals surface area (Å²) in [6, 6.07) is 9.62. The molecule has 3 nitrogen and oxygen atoms in total. The number of hydrogen-bond acceptors (Lipinski definition) is 3. The molecule has 1 heterocycles. The number of aromatic nitrogens is 2. The van der Waals surface area contributed by atoms with E-state index in [-0.39, 0.29) is 0 Å². The predicted molar refractivity (Wildman–Crippen MR) is 88.1 cm³/mol. The molecular weight excluding hydrogens is 384 g/mol. The van der Waals surface area contributed by atoms with Crippen LogP contribution in [0.4, 0.5) is 0 Å². The Hall–Kier alpha value is -1.46. The molecule has 1 aromatic heterocycles. The molecule has 0 N–H and O–H groups in total. The van der Waals surface area contributed by atoms with Crippen LogP contribution in [0.15, 0.2) is 51.9 Å². The summed E-state index contributed by atoms with van der Waals surface area (Å²) in [4.78, 5) is 9.29. The van der Waals surface area contributed by atoms with E-state index >= 15 is 0 Å². The van der Waals surface area contributed by atoms with Crippen LogP contribution in [-0.4, -0.2) is 16.6 Å². The lowest BCUT2D eigenvalue weighted by molar-refractivity contribution is 0.367. The normalized spacial score (nSPS) is 10.9. The molecule has 0 atom stereocenters. The van der Waals surface area contributed by atoms with Crippen molar-refractivity contribution in [1.29, 1.82) is 0 Å². The van der Waals surface area contributed by atoms with Gasteiger partial charge in [-0.05, 0) is 56.1 Å². The third kappa shape index (κ3) is 2.43. The smallest absolute Gasteiger partial charge is 0.147 e. The molecule has 0 bridgehead atoms. The minimum atomic E-state index is 0.447. The molecular formula is C15H10Br2N2O. The Morgan fingerprint density at radius 2 is 1.75 bits per heavy atom. The first-order valence-corrected chi connectivity index (χ1v) is 7.57. The van der Waals surface area contributed by atoms with Crippen LogP contribution in [0.2, 0.25) is 0 Å². The number of nitrogens with zero attached hydrogens (tertiary/aromatic N) is 2. The van der Waals surface area contributed by atoms with Crippen LogP contribution in [0.5, 0.6) is 5.75 Å². The SMILES string of the molecule is C=CCOc1cccc2nc3cc(Br)c(Br)cc3nc12. The molecule has 0 aliphatic carbocycles. The second kappa shape index (κ2) is 5.50. The van der Waals surface area contributed by atoms with E-state index in [2.05, 4.69) is 48.4 Å². The maximum atomic E-state index is 5.63. The van der Waals surface area contributed by atoms with Gasteiger partial charge in [0.05, 0.1) is 16.6 Å². The van der Waals surface area contributed by atoms with Crippen molar-refractivity contribution in [3.63, 3.8) is 0 Å². The third-order valence-corrected chi connectivity index (χ3v) is 4.67. The van der Waals surface area contributed by atoms with E-state index in [9.17, 15) is 0 Å². The predicted octanol–water partition coefficient (Wildman–Crippen LogP) is 4.87. The zero-order valence-electron chi connectivity index (χ0n) is 10.4. The van der Waals surface area contributed by atoms with Crippen LogP contribution in [-0.2, 0) is 0 Å². The molecule has 0 amide bonds. The molecule has 0 aliphatic rings. The Morgan fingerprint density at radius 1 is 1.05 bits per heavy atom. The summed E-state index contributed by atoms with van der Waals surface area (Å²) in [6.45, 7) is 4.10. The molecule has 0 radical (unpaired) electrons. The number of hydrogen-bond donors (Lipinski definition) is 0. The van der Waals surface area contributed by atoms with Crippen LogP contribution in [0.1, 0.15) is 0 Å². The fourth-order valence-corrected chi connectivity index (χ4v) is 2.60. The lowest BCUT2D eigenvalue weighted by atomic mass is 10.2. The quantitative estimate of drug-likeness (QED) is 0.470. The first kappa shape index (κ1) is 13.5. The second-order valence-electron chi connectivity index (χ2n) is 4.20. The van der Waals surface area contributed by atoms with Gasteiger partial charge in [0, 0.05) is 8.95 Å². The van der Waals surface area contributed by atoms with Crippen molar-refractivity contribution < 1.29 is 4.74 Å². The average Bonchev–Trinajstić information content (AvgIpc) is 2.44. The molecule has 2 aromatic carbocycles. The molecule has 0 saturated carbocycles. The van der Waals surface area contributed by atoms with Gasteiger partial charge in [-0.2, -0.15) is 0 Å². The molecule has 0 saturated heterocycles. The maximum Gasteiger partial charge on any atom is 0.147 e. The Morgan fingerprint density at radius 3 is 2.45 bits per heavy atom. The summed E-state index contributed by atoms with van der Waals surface area (Å²) >= 11 is 6.96. The van der Waals surface area contributed by atoms with E-state index in [0.29, 0.717) is 6.61 Å². The topological polar surface area (TPSA) is 35.0 Å². The Balaban J connectivity index is 2.27. The van der Waals surface area contributed by atoms with Crippen molar-refractivity contribution >= 4 is 53.9 Å². The highest BCUT2D eigenvalue weighted by atomic mass is 79.9. The van der Waals surface area contributed by atoms with Crippen molar-refractivity contribution in [2.75, 3.05) is 6.61 Å². The number of ether oxygens (including phenoxy) is 1. The van der Waals surface area contributed by atoms with E-state index < -0.39 is 0 Å². The number of fused-ring (bicyclic) bond motifs is 2. The summed E-state index contributed by atoms with van der Waals surface area (Å²) in [5.41, 5.74) is 3.24. The molecule has 0 fully saturated rings. The van der Waals surface area contributed by atoms with E-state index in [1.165, 1.54) is 0 Å². The minimum absolute atomic E-state index is 0.447. The van der Waals surface area contributed by atoms with Gasteiger partial charge in [0.15, 0.2) is 0 Å². The highest BCUT2D eigenvalue weighted by molar-refractivity contribution is 9.13. The van der Waals surface area contributed by atoms with Crippen molar-refractivity contribution in [1.82, 2.24) is 9.97 Å². The lowest BCUT2D eigenvalue weighted by Gasteiger charge is -2.08. The van der Waals surface area contributed by atoms with Crippen LogP contribution in [0, 0.1) is 0 Å². The molecule has 0 unspecified atom stereocenters. The Bertz CT molecular complexity index is 818. The highest BCUT2D eigenvalue weighted by Gasteiger charge is 2.08. The fraction of sp³-hybridized carbons (Fsp3) is 0.0667. The lowest BCUT2D eigenvalue weighted by Crippen LogP contribution is -1.96. The number of rotatable bonds is 3. The molecule has 3 aromatic rings. The van der Waals surface area contributed by atoms with Gasteiger partial charge in [0.25, 0.3) is 0 Å². The van der Waals surface area contributed by atoms with Crippen LogP contribution in [0.25, 0.3) is 22.1 Å². The summed E-state index contributed by atoms with van der Waals surface area (Å²) in [5.74, 6) is 0.718. The second-order valence-corrected chi connectivity index (χ2v) is 5.91. The van der Waals surface area contributed by atoms with Crippen LogP contribution < -0.4 is 4.74 Å². The average molecular weight is 394 g/mol. The van der Waals surface area contributed by atoms with E-state index in [0.717, 1.165) is 36.8 Å². The van der Waals surface area contributed by atoms with Crippen LogP contribution >= 0.6 is 31.9 Å². The van der Waals surface area contributed by atoms with Crippen molar-refractivity contribution in [2.24, 2.45) is 0 Å². The zero-order valence-corrected chi connectivity index (χ0v) is 13.6. The van der Waals surface area contributed by atoms with Gasteiger partial charge in [-0.25, -0.2) is 9.97 Å². The largest absolute Gasteiger partial charge is 0.487 e. The third-order valence-electron chi connectivity index (χ3n) is 2.83. The van der Waals surface area contributed by atoms with E-state index in [4.69, 9.17) is 4.74 Å². The van der Waals surface area contributed by atoms with Gasteiger partial charge in [-0.1, -0.05) is 18.7 Å². The standard InChI is InChI=1S/C15H10Br2N2O/c1-2-6-20-14-5-3-4-11-15(14)19-13-8-10(17)9(16)7-12(13)18-11/h2-5,7-8H,1,6H2. The van der Waals surface area contributed by atoms with Gasteiger partial charge >= 0.3 is 0 Å². The molecule has 3 rings (SSSR count). The van der Waals surface area contributed by atoms with Gasteiger partial charge in [0.2, 0.25) is 0 Å². The Labute approximate surface area is 132 Å². The van der Waals surface area contributed by atoms with E-state index in [1.807, 2.05) is 30.3 Å². The highest BCUT2D eigenvalue weighted by Crippen LogP contribution is 2.30. The number of para-hydroxylation sites is 1. The molecule has 0 spiro atoms. The van der Waals surface area contributed by atoms with Crippen molar-refractivity contribution in [3.05, 3.63) is 51.9 Å². The summed E-state index contributed by atoms with van der Waals surface area (Å²) < 4.78 is 7.53. The van der Waals surface area contributed by atoms with Gasteiger partial charge in [0.1, 0.15) is 17.9 Å². The molecule has 0 aliphatic heterocycles. The van der Waals surface area contributed by atoms with Crippen LogP contribution in [0.3, 0.4) is 0 Å². The summed E-state index contributed by atoms with van der Waals surface area (Å²) in [6.07, 6.45) is 1.71. The number of halogens is 2. The fourth-order valence-electron chi connectivity index (χ4n) is 1.93. The first-order chi connectivity index (χ1) is 9.69. The van der Waals surface area contributed by atoms with E-state index in [1.54, 1.807) is 6.08 Å². The monoisotopic (exact) mass is 392 g/mol. The minimum Gasteiger partial charge on any atom is -0.487 e.